The highest BCUT2D eigenvalue weighted by molar-refractivity contribution is 5.59. The molecule has 2 aromatic rings. The zero-order valence-corrected chi connectivity index (χ0v) is 8.98. The van der Waals surface area contributed by atoms with Crippen LogP contribution in [0.15, 0.2) is 18.6 Å². The Morgan fingerprint density at radius 2 is 2.27 bits per heavy atom. The van der Waals surface area contributed by atoms with Crippen LogP contribution in [0.3, 0.4) is 0 Å². The summed E-state index contributed by atoms with van der Waals surface area (Å²) in [6.07, 6.45) is 10.3. The molecule has 0 bridgehead atoms. The van der Waals surface area contributed by atoms with Crippen LogP contribution in [-0.4, -0.2) is 14.4 Å². The maximum atomic E-state index is 5.81. The van der Waals surface area contributed by atoms with Crippen LogP contribution in [-0.2, 0) is 6.42 Å². The van der Waals surface area contributed by atoms with Crippen molar-refractivity contribution >= 4 is 11.5 Å². The number of nitrogens with two attached hydrogens (primary N) is 1. The standard InChI is InChI=1S/C11H16N4/c1-2-3-4-5-9-8-15-7-6-13-11(15)10(12)14-9/h6-8H,2-5H2,1H3,(H2,12,14). The second-order valence-electron chi connectivity index (χ2n) is 3.73. The van der Waals surface area contributed by atoms with Crippen molar-refractivity contribution in [2.24, 2.45) is 0 Å². The summed E-state index contributed by atoms with van der Waals surface area (Å²) in [6, 6.07) is 0. The van der Waals surface area contributed by atoms with Gasteiger partial charge in [-0.05, 0) is 12.8 Å². The normalized spacial score (nSPS) is 11.0. The van der Waals surface area contributed by atoms with Crippen LogP contribution in [0.4, 0.5) is 5.82 Å². The molecule has 80 valence electrons. The Morgan fingerprint density at radius 1 is 1.40 bits per heavy atom. The van der Waals surface area contributed by atoms with Gasteiger partial charge >= 0.3 is 0 Å². The largest absolute Gasteiger partial charge is 0.381 e. The van der Waals surface area contributed by atoms with Crippen LogP contribution in [0, 0.1) is 0 Å². The van der Waals surface area contributed by atoms with Gasteiger partial charge in [-0.15, -0.1) is 0 Å². The van der Waals surface area contributed by atoms with Crippen molar-refractivity contribution in [1.82, 2.24) is 14.4 Å². The Kier molecular flexibility index (Phi) is 2.85. The minimum absolute atomic E-state index is 0.522. The predicted octanol–water partition coefficient (Wildman–Crippen LogP) is 2.04. The van der Waals surface area contributed by atoms with Crippen molar-refractivity contribution in [1.29, 1.82) is 0 Å². The lowest BCUT2D eigenvalue weighted by atomic mass is 10.2. The van der Waals surface area contributed by atoms with Gasteiger partial charge < -0.3 is 10.1 Å². The number of nitrogens with zero attached hydrogens (tertiary/aromatic N) is 3. The van der Waals surface area contributed by atoms with Crippen LogP contribution < -0.4 is 5.73 Å². The molecule has 2 aromatic heterocycles. The molecule has 4 heteroatoms. The van der Waals surface area contributed by atoms with E-state index in [1.165, 1.54) is 19.3 Å². The average Bonchev–Trinajstić information content (AvgIpc) is 2.66. The van der Waals surface area contributed by atoms with Gasteiger partial charge in [-0.25, -0.2) is 9.97 Å². The first-order valence-corrected chi connectivity index (χ1v) is 5.39. The number of fused-ring (bicyclic) bond motifs is 1. The summed E-state index contributed by atoms with van der Waals surface area (Å²) in [6.45, 7) is 2.20. The average molecular weight is 204 g/mol. The Hall–Kier alpha value is -1.58. The van der Waals surface area contributed by atoms with E-state index < -0.39 is 0 Å². The summed E-state index contributed by atoms with van der Waals surface area (Å²) in [5.41, 5.74) is 7.60. The summed E-state index contributed by atoms with van der Waals surface area (Å²) in [5, 5.41) is 0. The quantitative estimate of drug-likeness (QED) is 0.775. The minimum atomic E-state index is 0.522. The van der Waals surface area contributed by atoms with Crippen LogP contribution in [0.2, 0.25) is 0 Å². The highest BCUT2D eigenvalue weighted by Crippen LogP contribution is 2.11. The van der Waals surface area contributed by atoms with E-state index >= 15 is 0 Å². The Labute approximate surface area is 89.2 Å². The lowest BCUT2D eigenvalue weighted by Gasteiger charge is -2.03. The molecule has 2 N–H and O–H groups in total. The highest BCUT2D eigenvalue weighted by atomic mass is 15.0. The number of hydrogen-bond donors (Lipinski definition) is 1. The van der Waals surface area contributed by atoms with E-state index in [1.807, 2.05) is 16.8 Å². The summed E-state index contributed by atoms with van der Waals surface area (Å²) >= 11 is 0. The summed E-state index contributed by atoms with van der Waals surface area (Å²) in [7, 11) is 0. The monoisotopic (exact) mass is 204 g/mol. The molecule has 0 unspecified atom stereocenters. The second kappa shape index (κ2) is 4.29. The molecule has 0 aliphatic rings. The topological polar surface area (TPSA) is 56.2 Å². The molecule has 0 atom stereocenters. The van der Waals surface area contributed by atoms with Gasteiger partial charge in [0.25, 0.3) is 0 Å². The number of aryl methyl sites for hydroxylation is 1. The van der Waals surface area contributed by atoms with Crippen molar-refractivity contribution in [3.63, 3.8) is 0 Å². The molecular formula is C11H16N4. The van der Waals surface area contributed by atoms with Crippen molar-refractivity contribution in [3.05, 3.63) is 24.3 Å². The molecule has 0 aromatic carbocycles. The third-order valence-corrected chi connectivity index (χ3v) is 2.49. The van der Waals surface area contributed by atoms with Crippen molar-refractivity contribution in [3.8, 4) is 0 Å². The molecule has 0 aliphatic heterocycles. The van der Waals surface area contributed by atoms with Crippen LogP contribution in [0.25, 0.3) is 5.65 Å². The van der Waals surface area contributed by atoms with E-state index in [4.69, 9.17) is 5.73 Å². The molecule has 0 saturated carbocycles. The molecule has 2 heterocycles. The lowest BCUT2D eigenvalue weighted by Crippen LogP contribution is -2.01. The number of nitrogen functional groups attached to an aromatic ring is 1. The van der Waals surface area contributed by atoms with Gasteiger partial charge in [0.15, 0.2) is 11.5 Å². The summed E-state index contributed by atoms with van der Waals surface area (Å²) in [5.74, 6) is 0.522. The maximum Gasteiger partial charge on any atom is 0.179 e. The number of unbranched alkanes of at least 4 members (excludes halogenated alkanes) is 2. The number of imidazole rings is 1. The fourth-order valence-electron chi connectivity index (χ4n) is 1.69. The lowest BCUT2D eigenvalue weighted by molar-refractivity contribution is 0.705. The Bertz CT molecular complexity index is 447. The maximum absolute atomic E-state index is 5.81. The highest BCUT2D eigenvalue weighted by Gasteiger charge is 2.03. The van der Waals surface area contributed by atoms with Crippen LogP contribution in [0.5, 0.6) is 0 Å². The molecule has 0 saturated heterocycles. The van der Waals surface area contributed by atoms with E-state index in [0.29, 0.717) is 5.82 Å². The third-order valence-electron chi connectivity index (χ3n) is 2.49. The molecular weight excluding hydrogens is 188 g/mol. The molecule has 0 radical (unpaired) electrons. The second-order valence-corrected chi connectivity index (χ2v) is 3.73. The first-order chi connectivity index (χ1) is 7.31. The van der Waals surface area contributed by atoms with Gasteiger partial charge in [0.2, 0.25) is 0 Å². The molecule has 0 amide bonds. The van der Waals surface area contributed by atoms with Gasteiger partial charge in [0.1, 0.15) is 0 Å². The summed E-state index contributed by atoms with van der Waals surface area (Å²) in [4.78, 5) is 8.47. The zero-order chi connectivity index (χ0) is 10.7. The van der Waals surface area contributed by atoms with Crippen LogP contribution in [0.1, 0.15) is 31.9 Å². The first-order valence-electron chi connectivity index (χ1n) is 5.39. The van der Waals surface area contributed by atoms with Crippen LogP contribution >= 0.6 is 0 Å². The number of aromatic nitrogens is 3. The van der Waals surface area contributed by atoms with Crippen molar-refractivity contribution in [2.45, 2.75) is 32.6 Å². The van der Waals surface area contributed by atoms with Crippen molar-refractivity contribution < 1.29 is 0 Å². The predicted molar refractivity (Wildman–Crippen MR) is 60.6 cm³/mol. The van der Waals surface area contributed by atoms with Gasteiger partial charge in [-0.2, -0.15) is 0 Å². The molecule has 0 fully saturated rings. The molecule has 0 spiro atoms. The summed E-state index contributed by atoms with van der Waals surface area (Å²) < 4.78 is 1.93. The molecule has 4 nitrogen and oxygen atoms in total. The number of rotatable bonds is 4. The Balaban J connectivity index is 2.21. The minimum Gasteiger partial charge on any atom is -0.381 e. The zero-order valence-electron chi connectivity index (χ0n) is 8.98. The van der Waals surface area contributed by atoms with E-state index in [2.05, 4.69) is 16.9 Å². The smallest absolute Gasteiger partial charge is 0.179 e. The Morgan fingerprint density at radius 3 is 3.07 bits per heavy atom. The fourth-order valence-corrected chi connectivity index (χ4v) is 1.69. The fraction of sp³-hybridized carbons (Fsp3) is 0.455. The number of anilines is 1. The van der Waals surface area contributed by atoms with E-state index in [0.717, 1.165) is 17.8 Å². The SMILES string of the molecule is CCCCCc1cn2ccnc2c(N)n1. The van der Waals surface area contributed by atoms with Gasteiger partial charge in [-0.3, -0.25) is 0 Å². The first kappa shape index (κ1) is 9.96. The van der Waals surface area contributed by atoms with E-state index in [1.54, 1.807) is 6.20 Å². The van der Waals surface area contributed by atoms with Gasteiger partial charge in [-0.1, -0.05) is 19.8 Å². The van der Waals surface area contributed by atoms with E-state index in [-0.39, 0.29) is 0 Å². The van der Waals surface area contributed by atoms with Crippen molar-refractivity contribution in [2.75, 3.05) is 5.73 Å². The van der Waals surface area contributed by atoms with E-state index in [9.17, 15) is 0 Å². The van der Waals surface area contributed by atoms with Gasteiger partial charge in [0, 0.05) is 18.6 Å². The van der Waals surface area contributed by atoms with Gasteiger partial charge in [0.05, 0.1) is 5.69 Å². The molecule has 0 aliphatic carbocycles. The molecule has 2 rings (SSSR count). The number of hydrogen-bond acceptors (Lipinski definition) is 3. The third kappa shape index (κ3) is 2.09. The molecule has 15 heavy (non-hydrogen) atoms.